The van der Waals surface area contributed by atoms with Crippen molar-refractivity contribution >= 4 is 23.4 Å². The predicted molar refractivity (Wildman–Crippen MR) is 73.9 cm³/mol. The van der Waals surface area contributed by atoms with Gasteiger partial charge in [-0.3, -0.25) is 4.79 Å². The van der Waals surface area contributed by atoms with Crippen LogP contribution in [0, 0.1) is 0 Å². The van der Waals surface area contributed by atoms with Crippen LogP contribution >= 0.6 is 11.8 Å². The lowest BCUT2D eigenvalue weighted by Crippen LogP contribution is -2.30. The molecular formula is C13H18N2O2S. The largest absolute Gasteiger partial charge is 0.497 e. The number of benzene rings is 1. The van der Waals surface area contributed by atoms with Crippen LogP contribution in [0.4, 0.5) is 5.69 Å². The number of thioether (sulfide) groups is 1. The van der Waals surface area contributed by atoms with Crippen LogP contribution < -0.4 is 10.5 Å². The third kappa shape index (κ3) is 3.10. The molecule has 0 atom stereocenters. The Bertz CT molecular complexity index is 447. The van der Waals surface area contributed by atoms with Crippen LogP contribution in [0.25, 0.3) is 0 Å². The summed E-state index contributed by atoms with van der Waals surface area (Å²) in [5, 5.41) is 0. The quantitative estimate of drug-likeness (QED) is 0.654. The lowest BCUT2D eigenvalue weighted by Gasteiger charge is -2.16. The second-order valence-electron chi connectivity index (χ2n) is 4.43. The van der Waals surface area contributed by atoms with Crippen molar-refractivity contribution in [3.63, 3.8) is 0 Å². The highest BCUT2D eigenvalue weighted by Crippen LogP contribution is 2.30. The van der Waals surface area contributed by atoms with Gasteiger partial charge >= 0.3 is 0 Å². The van der Waals surface area contributed by atoms with E-state index in [4.69, 9.17) is 10.5 Å². The van der Waals surface area contributed by atoms with E-state index in [9.17, 15) is 4.79 Å². The number of carbonyl (C=O) groups excluding carboxylic acids is 1. The molecule has 1 aromatic carbocycles. The van der Waals surface area contributed by atoms with Crippen molar-refractivity contribution in [1.29, 1.82) is 0 Å². The van der Waals surface area contributed by atoms with Crippen molar-refractivity contribution < 1.29 is 9.53 Å². The summed E-state index contributed by atoms with van der Waals surface area (Å²) < 4.78 is 5.15. The zero-order valence-corrected chi connectivity index (χ0v) is 11.5. The number of carbonyl (C=O) groups is 1. The van der Waals surface area contributed by atoms with Gasteiger partial charge in [0.25, 0.3) is 0 Å². The van der Waals surface area contributed by atoms with Crippen LogP contribution in [0.15, 0.2) is 23.1 Å². The highest BCUT2D eigenvalue weighted by atomic mass is 32.2. The second kappa shape index (κ2) is 5.52. The zero-order valence-electron chi connectivity index (χ0n) is 10.7. The van der Waals surface area contributed by atoms with E-state index in [0.29, 0.717) is 17.5 Å². The molecule has 2 rings (SSSR count). The van der Waals surface area contributed by atoms with E-state index in [2.05, 4.69) is 0 Å². The first-order valence-corrected chi connectivity index (χ1v) is 6.92. The van der Waals surface area contributed by atoms with Crippen molar-refractivity contribution in [2.75, 3.05) is 25.6 Å². The number of hydrogen-bond donors (Lipinski definition) is 1. The number of anilines is 1. The van der Waals surface area contributed by atoms with Crippen LogP contribution in [-0.4, -0.2) is 36.8 Å². The Kier molecular flexibility index (Phi) is 4.01. The molecule has 0 unspecified atom stereocenters. The van der Waals surface area contributed by atoms with Crippen molar-refractivity contribution in [2.24, 2.45) is 0 Å². The number of methoxy groups -OCH3 is 1. The van der Waals surface area contributed by atoms with Crippen LogP contribution in [0.1, 0.15) is 12.8 Å². The zero-order chi connectivity index (χ0) is 13.1. The standard InChI is InChI=1S/C13H18N2O2S/c1-15(9-3-4-9)13(16)8-18-12-7-10(17-2)5-6-11(12)14/h5-7,9H,3-4,8,14H2,1-2H3. The van der Waals surface area contributed by atoms with Crippen molar-refractivity contribution in [3.05, 3.63) is 18.2 Å². The minimum atomic E-state index is 0.157. The molecular weight excluding hydrogens is 248 g/mol. The molecule has 98 valence electrons. The molecule has 4 nitrogen and oxygen atoms in total. The molecule has 1 aromatic rings. The molecule has 5 heteroatoms. The molecule has 1 fully saturated rings. The van der Waals surface area contributed by atoms with Gasteiger partial charge in [-0.2, -0.15) is 0 Å². The summed E-state index contributed by atoms with van der Waals surface area (Å²) in [6.45, 7) is 0. The molecule has 0 radical (unpaired) electrons. The van der Waals surface area contributed by atoms with Gasteiger partial charge in [-0.25, -0.2) is 0 Å². The molecule has 0 heterocycles. The molecule has 0 saturated heterocycles. The molecule has 0 aromatic heterocycles. The van der Waals surface area contributed by atoms with E-state index < -0.39 is 0 Å². The lowest BCUT2D eigenvalue weighted by atomic mass is 10.3. The van der Waals surface area contributed by atoms with Crippen molar-refractivity contribution in [3.8, 4) is 5.75 Å². The van der Waals surface area contributed by atoms with Crippen LogP contribution in [0.5, 0.6) is 5.75 Å². The van der Waals surface area contributed by atoms with Gasteiger partial charge in [0.2, 0.25) is 5.91 Å². The number of ether oxygens (including phenoxy) is 1. The molecule has 0 bridgehead atoms. The molecule has 2 N–H and O–H groups in total. The van der Waals surface area contributed by atoms with E-state index in [0.717, 1.165) is 23.5 Å². The third-order valence-electron chi connectivity index (χ3n) is 3.06. The summed E-state index contributed by atoms with van der Waals surface area (Å²) in [5.74, 6) is 1.34. The van der Waals surface area contributed by atoms with Crippen LogP contribution in [0.2, 0.25) is 0 Å². The fourth-order valence-corrected chi connectivity index (χ4v) is 2.59. The summed E-state index contributed by atoms with van der Waals surface area (Å²) in [6, 6.07) is 5.94. The molecule has 18 heavy (non-hydrogen) atoms. The Morgan fingerprint density at radius 1 is 1.56 bits per heavy atom. The average molecular weight is 266 g/mol. The van der Waals surface area contributed by atoms with Gasteiger partial charge < -0.3 is 15.4 Å². The highest BCUT2D eigenvalue weighted by molar-refractivity contribution is 8.00. The number of nitrogens with two attached hydrogens (primary N) is 1. The summed E-state index contributed by atoms with van der Waals surface area (Å²) in [4.78, 5) is 14.6. The Labute approximate surface area is 111 Å². The van der Waals surface area contributed by atoms with Gasteiger partial charge in [0.05, 0.1) is 12.9 Å². The number of rotatable bonds is 5. The number of nitrogens with zero attached hydrogens (tertiary/aromatic N) is 1. The normalized spacial score (nSPS) is 14.3. The Hall–Kier alpha value is -1.36. The monoisotopic (exact) mass is 266 g/mol. The Balaban J connectivity index is 1.94. The molecule has 0 aliphatic heterocycles. The number of hydrogen-bond acceptors (Lipinski definition) is 4. The second-order valence-corrected chi connectivity index (χ2v) is 5.45. The minimum Gasteiger partial charge on any atom is -0.497 e. The van der Waals surface area contributed by atoms with Crippen LogP contribution in [-0.2, 0) is 4.79 Å². The van der Waals surface area contributed by atoms with E-state index in [1.54, 1.807) is 13.2 Å². The van der Waals surface area contributed by atoms with Gasteiger partial charge in [0.1, 0.15) is 5.75 Å². The van der Waals surface area contributed by atoms with Crippen molar-refractivity contribution in [1.82, 2.24) is 4.90 Å². The smallest absolute Gasteiger partial charge is 0.232 e. The highest BCUT2D eigenvalue weighted by Gasteiger charge is 2.29. The Morgan fingerprint density at radius 3 is 2.89 bits per heavy atom. The van der Waals surface area contributed by atoms with E-state index in [-0.39, 0.29) is 5.91 Å². The number of amides is 1. The van der Waals surface area contributed by atoms with Gasteiger partial charge in [-0.15, -0.1) is 11.8 Å². The van der Waals surface area contributed by atoms with E-state index in [1.165, 1.54) is 11.8 Å². The maximum absolute atomic E-state index is 11.9. The summed E-state index contributed by atoms with van der Waals surface area (Å²) >= 11 is 1.46. The Morgan fingerprint density at radius 2 is 2.28 bits per heavy atom. The molecule has 0 spiro atoms. The summed E-state index contributed by atoms with van der Waals surface area (Å²) in [5.41, 5.74) is 6.56. The first kappa shape index (κ1) is 13.1. The minimum absolute atomic E-state index is 0.157. The van der Waals surface area contributed by atoms with Gasteiger partial charge in [0, 0.05) is 23.7 Å². The van der Waals surface area contributed by atoms with E-state index >= 15 is 0 Å². The first-order valence-electron chi connectivity index (χ1n) is 5.94. The topological polar surface area (TPSA) is 55.6 Å². The molecule has 1 saturated carbocycles. The average Bonchev–Trinajstić information content (AvgIpc) is 3.20. The third-order valence-corrected chi connectivity index (χ3v) is 4.12. The first-order chi connectivity index (χ1) is 8.61. The van der Waals surface area contributed by atoms with E-state index in [1.807, 2.05) is 24.1 Å². The fraction of sp³-hybridized carbons (Fsp3) is 0.462. The predicted octanol–water partition coefficient (Wildman–Crippen LogP) is 1.99. The van der Waals surface area contributed by atoms with Crippen molar-refractivity contribution in [2.45, 2.75) is 23.8 Å². The molecule has 1 aliphatic carbocycles. The molecule has 1 amide bonds. The lowest BCUT2D eigenvalue weighted by molar-refractivity contribution is -0.127. The summed E-state index contributed by atoms with van der Waals surface area (Å²) in [7, 11) is 3.49. The number of nitrogen functional groups attached to an aromatic ring is 1. The van der Waals surface area contributed by atoms with Crippen LogP contribution in [0.3, 0.4) is 0 Å². The van der Waals surface area contributed by atoms with Gasteiger partial charge in [-0.1, -0.05) is 0 Å². The fourth-order valence-electron chi connectivity index (χ4n) is 1.67. The molecule has 1 aliphatic rings. The SMILES string of the molecule is COc1ccc(N)c(SCC(=O)N(C)C2CC2)c1. The van der Waals surface area contributed by atoms with Gasteiger partial charge in [-0.05, 0) is 31.0 Å². The maximum Gasteiger partial charge on any atom is 0.232 e. The maximum atomic E-state index is 11.9. The summed E-state index contributed by atoms with van der Waals surface area (Å²) in [6.07, 6.45) is 2.27. The van der Waals surface area contributed by atoms with Gasteiger partial charge in [0.15, 0.2) is 0 Å².